The van der Waals surface area contributed by atoms with Crippen LogP contribution in [0.15, 0.2) is 24.4 Å². The number of nitrogens with zero attached hydrogens (tertiary/aromatic N) is 1. The number of primary amides is 1. The summed E-state index contributed by atoms with van der Waals surface area (Å²) in [4.78, 5) is 26.0. The van der Waals surface area contributed by atoms with Gasteiger partial charge in [0.25, 0.3) is 5.91 Å². The van der Waals surface area contributed by atoms with Crippen molar-refractivity contribution in [2.75, 3.05) is 5.32 Å². The largest absolute Gasteiger partial charge is 0.417 e. The normalized spacial score (nSPS) is 11.3. The van der Waals surface area contributed by atoms with Gasteiger partial charge in [-0.05, 0) is 12.1 Å². The predicted molar refractivity (Wildman–Crippen MR) is 77.4 cm³/mol. The van der Waals surface area contributed by atoms with E-state index in [0.717, 1.165) is 6.92 Å². The van der Waals surface area contributed by atoms with Gasteiger partial charge in [0.15, 0.2) is 0 Å². The Kier molecular flexibility index (Phi) is 4.73. The SMILES string of the molecule is CC(=O)Nc1cc(F)cc(F)c1-c1cc(C(F)(F)F)cnc1C(N)=O. The number of benzene rings is 1. The molecule has 0 aliphatic carbocycles. The lowest BCUT2D eigenvalue weighted by Crippen LogP contribution is -2.17. The highest BCUT2D eigenvalue weighted by atomic mass is 19.4. The molecule has 2 aromatic rings. The molecule has 1 aromatic heterocycles. The molecular formula is C15H10F5N3O2. The minimum Gasteiger partial charge on any atom is -0.364 e. The Bertz CT molecular complexity index is 865. The van der Waals surface area contributed by atoms with Crippen molar-refractivity contribution in [2.24, 2.45) is 5.73 Å². The van der Waals surface area contributed by atoms with E-state index >= 15 is 0 Å². The van der Waals surface area contributed by atoms with Crippen molar-refractivity contribution >= 4 is 17.5 Å². The molecule has 3 N–H and O–H groups in total. The number of pyridine rings is 1. The summed E-state index contributed by atoms with van der Waals surface area (Å²) in [6, 6.07) is 1.55. The Labute approximate surface area is 137 Å². The van der Waals surface area contributed by atoms with E-state index < -0.39 is 57.7 Å². The van der Waals surface area contributed by atoms with Crippen LogP contribution in [0.4, 0.5) is 27.6 Å². The number of amides is 2. The lowest BCUT2D eigenvalue weighted by Gasteiger charge is -2.15. The molecule has 0 unspecified atom stereocenters. The fraction of sp³-hybridized carbons (Fsp3) is 0.133. The van der Waals surface area contributed by atoms with Gasteiger partial charge in [0, 0.05) is 30.3 Å². The summed E-state index contributed by atoms with van der Waals surface area (Å²) in [6.45, 7) is 1.03. The highest BCUT2D eigenvalue weighted by molar-refractivity contribution is 6.02. The fourth-order valence-electron chi connectivity index (χ4n) is 2.14. The van der Waals surface area contributed by atoms with Crippen molar-refractivity contribution < 1.29 is 31.5 Å². The number of nitrogens with one attached hydrogen (secondary N) is 1. The van der Waals surface area contributed by atoms with E-state index in [1.165, 1.54) is 0 Å². The molecule has 1 heterocycles. The van der Waals surface area contributed by atoms with Crippen LogP contribution in [0.3, 0.4) is 0 Å². The Hall–Kier alpha value is -3.04. The molecule has 10 heteroatoms. The number of carbonyl (C=O) groups excluding carboxylic acids is 2. The first-order valence-electron chi connectivity index (χ1n) is 6.64. The second-order valence-corrected chi connectivity index (χ2v) is 4.97. The van der Waals surface area contributed by atoms with Crippen LogP contribution in [0.2, 0.25) is 0 Å². The average Bonchev–Trinajstić information content (AvgIpc) is 2.44. The van der Waals surface area contributed by atoms with Crippen LogP contribution < -0.4 is 11.1 Å². The third-order valence-corrected chi connectivity index (χ3v) is 3.08. The molecule has 0 saturated heterocycles. The highest BCUT2D eigenvalue weighted by Gasteiger charge is 2.33. The zero-order chi connectivity index (χ0) is 18.9. The van der Waals surface area contributed by atoms with Crippen LogP contribution in [0, 0.1) is 11.6 Å². The van der Waals surface area contributed by atoms with E-state index in [1.54, 1.807) is 0 Å². The van der Waals surface area contributed by atoms with E-state index in [0.29, 0.717) is 24.4 Å². The Morgan fingerprint density at radius 2 is 1.80 bits per heavy atom. The number of rotatable bonds is 3. The molecule has 0 radical (unpaired) electrons. The molecule has 0 fully saturated rings. The monoisotopic (exact) mass is 359 g/mol. The summed E-state index contributed by atoms with van der Waals surface area (Å²) in [6.07, 6.45) is -4.47. The number of alkyl halides is 3. The minimum absolute atomic E-state index is 0.364. The van der Waals surface area contributed by atoms with Gasteiger partial charge in [-0.25, -0.2) is 13.8 Å². The molecule has 25 heavy (non-hydrogen) atoms. The average molecular weight is 359 g/mol. The lowest BCUT2D eigenvalue weighted by atomic mass is 9.98. The third-order valence-electron chi connectivity index (χ3n) is 3.08. The molecule has 0 atom stereocenters. The van der Waals surface area contributed by atoms with Gasteiger partial charge in [0.1, 0.15) is 17.3 Å². The summed E-state index contributed by atoms with van der Waals surface area (Å²) in [7, 11) is 0. The van der Waals surface area contributed by atoms with Gasteiger partial charge >= 0.3 is 6.18 Å². The van der Waals surface area contributed by atoms with E-state index in [1.807, 2.05) is 0 Å². The lowest BCUT2D eigenvalue weighted by molar-refractivity contribution is -0.137. The van der Waals surface area contributed by atoms with Crippen LogP contribution in [-0.2, 0) is 11.0 Å². The smallest absolute Gasteiger partial charge is 0.364 e. The van der Waals surface area contributed by atoms with Crippen LogP contribution in [0.1, 0.15) is 23.0 Å². The number of hydrogen-bond acceptors (Lipinski definition) is 3. The van der Waals surface area contributed by atoms with Gasteiger partial charge in [0.2, 0.25) is 5.91 Å². The van der Waals surface area contributed by atoms with E-state index in [2.05, 4.69) is 10.3 Å². The maximum atomic E-state index is 14.3. The van der Waals surface area contributed by atoms with Crippen molar-refractivity contribution in [1.29, 1.82) is 0 Å². The van der Waals surface area contributed by atoms with Crippen LogP contribution in [-0.4, -0.2) is 16.8 Å². The number of aromatic nitrogens is 1. The van der Waals surface area contributed by atoms with Gasteiger partial charge in [-0.3, -0.25) is 9.59 Å². The van der Waals surface area contributed by atoms with E-state index in [9.17, 15) is 31.5 Å². The van der Waals surface area contributed by atoms with Crippen molar-refractivity contribution in [1.82, 2.24) is 4.98 Å². The van der Waals surface area contributed by atoms with Crippen molar-refractivity contribution in [2.45, 2.75) is 13.1 Å². The third kappa shape index (κ3) is 3.90. The highest BCUT2D eigenvalue weighted by Crippen LogP contribution is 2.37. The van der Waals surface area contributed by atoms with Gasteiger partial charge < -0.3 is 11.1 Å². The number of carbonyl (C=O) groups is 2. The molecule has 0 saturated carbocycles. The van der Waals surface area contributed by atoms with E-state index in [4.69, 9.17) is 5.73 Å². The minimum atomic E-state index is -4.83. The Morgan fingerprint density at radius 1 is 1.16 bits per heavy atom. The number of halogens is 5. The van der Waals surface area contributed by atoms with E-state index in [-0.39, 0.29) is 0 Å². The molecule has 2 amide bonds. The molecule has 0 aliphatic heterocycles. The Morgan fingerprint density at radius 3 is 2.32 bits per heavy atom. The summed E-state index contributed by atoms with van der Waals surface area (Å²) < 4.78 is 66.4. The molecule has 132 valence electrons. The summed E-state index contributed by atoms with van der Waals surface area (Å²) >= 11 is 0. The van der Waals surface area contributed by atoms with Gasteiger partial charge in [-0.2, -0.15) is 13.2 Å². The van der Waals surface area contributed by atoms with Crippen LogP contribution in [0.25, 0.3) is 11.1 Å². The van der Waals surface area contributed by atoms with Crippen LogP contribution >= 0.6 is 0 Å². The van der Waals surface area contributed by atoms with Gasteiger partial charge in [-0.15, -0.1) is 0 Å². The fourth-order valence-corrected chi connectivity index (χ4v) is 2.14. The van der Waals surface area contributed by atoms with Crippen LogP contribution in [0.5, 0.6) is 0 Å². The first kappa shape index (κ1) is 18.3. The van der Waals surface area contributed by atoms with Gasteiger partial charge in [0.05, 0.1) is 11.3 Å². The second-order valence-electron chi connectivity index (χ2n) is 4.97. The number of nitrogens with two attached hydrogens (primary N) is 1. The first-order chi connectivity index (χ1) is 11.5. The molecule has 5 nitrogen and oxygen atoms in total. The maximum Gasteiger partial charge on any atom is 0.417 e. The molecule has 0 aliphatic rings. The second kappa shape index (κ2) is 6.46. The predicted octanol–water partition coefficient (Wildman–Crippen LogP) is 3.10. The Balaban J connectivity index is 2.84. The number of anilines is 1. The molecule has 1 aromatic carbocycles. The summed E-state index contributed by atoms with van der Waals surface area (Å²) in [5, 5.41) is 2.10. The van der Waals surface area contributed by atoms with Crippen molar-refractivity contribution in [3.63, 3.8) is 0 Å². The standard InChI is InChI=1S/C15H10F5N3O2/c1-6(24)23-11-4-8(16)3-10(17)12(11)9-2-7(15(18,19)20)5-22-13(9)14(21)25/h2-5H,1H3,(H2,21,25)(H,23,24). The summed E-state index contributed by atoms with van der Waals surface area (Å²) in [5.41, 5.74) is 1.42. The van der Waals surface area contributed by atoms with Crippen molar-refractivity contribution in [3.05, 3.63) is 47.3 Å². The quantitative estimate of drug-likeness (QED) is 0.826. The molecule has 0 bridgehead atoms. The summed E-state index contributed by atoms with van der Waals surface area (Å²) in [5.74, 6) is -4.33. The molecular weight excluding hydrogens is 349 g/mol. The zero-order valence-electron chi connectivity index (χ0n) is 12.5. The maximum absolute atomic E-state index is 14.3. The number of hydrogen-bond donors (Lipinski definition) is 2. The molecule has 2 rings (SSSR count). The van der Waals surface area contributed by atoms with Gasteiger partial charge in [-0.1, -0.05) is 0 Å². The van der Waals surface area contributed by atoms with Crippen molar-refractivity contribution in [3.8, 4) is 11.1 Å². The zero-order valence-corrected chi connectivity index (χ0v) is 12.5. The topological polar surface area (TPSA) is 85.1 Å². The first-order valence-corrected chi connectivity index (χ1v) is 6.64. The molecule has 0 spiro atoms.